The Balaban J connectivity index is 2.09. The van der Waals surface area contributed by atoms with Gasteiger partial charge in [0.2, 0.25) is 0 Å². The topological polar surface area (TPSA) is 29.1 Å². The molecule has 0 atom stereocenters. The van der Waals surface area contributed by atoms with Crippen molar-refractivity contribution in [1.82, 2.24) is 5.32 Å². The second-order valence-corrected chi connectivity index (χ2v) is 7.88. The number of hydrogen-bond donors (Lipinski definition) is 1. The molecule has 0 aliphatic carbocycles. The van der Waals surface area contributed by atoms with Crippen LogP contribution in [0.5, 0.6) is 0 Å². The molecular formula is C17H19F2NOS2. The van der Waals surface area contributed by atoms with Crippen molar-refractivity contribution in [3.05, 3.63) is 51.7 Å². The van der Waals surface area contributed by atoms with Crippen molar-refractivity contribution in [2.75, 3.05) is 0 Å². The predicted octanol–water partition coefficient (Wildman–Crippen LogP) is 5.12. The molecule has 1 amide bonds. The molecule has 0 aliphatic rings. The predicted molar refractivity (Wildman–Crippen MR) is 92.6 cm³/mol. The van der Waals surface area contributed by atoms with E-state index in [9.17, 15) is 13.6 Å². The lowest BCUT2D eigenvalue weighted by atomic mass is 9.92. The van der Waals surface area contributed by atoms with E-state index in [-0.39, 0.29) is 5.91 Å². The molecule has 0 bridgehead atoms. The molecule has 0 spiro atoms. The Hall–Kier alpha value is -1.40. The number of benzene rings is 1. The second kappa shape index (κ2) is 7.45. The Morgan fingerprint density at radius 1 is 1.30 bits per heavy atom. The number of carbonyl (C=O) groups is 1. The average molecular weight is 355 g/mol. The van der Waals surface area contributed by atoms with E-state index in [1.54, 1.807) is 11.4 Å². The smallest absolute Gasteiger partial charge is 0.288 e. The second-order valence-electron chi connectivity index (χ2n) is 5.93. The zero-order valence-corrected chi connectivity index (χ0v) is 14.9. The van der Waals surface area contributed by atoms with Crippen molar-refractivity contribution in [3.63, 3.8) is 0 Å². The number of halogens is 2. The lowest BCUT2D eigenvalue weighted by Crippen LogP contribution is -2.45. The minimum atomic E-state index is -2.53. The summed E-state index contributed by atoms with van der Waals surface area (Å²) in [6.45, 7) is 5.90. The fourth-order valence-electron chi connectivity index (χ4n) is 2.34. The standard InChI is InChI=1S/C17H19F2NOS2/c1-11-6-4-5-7-12(11)10-17(2,3)20-15(21)14-13(8-9-22-14)23-16(18)19/h4-9,16H,10H2,1-3H3,(H,20,21). The third-order valence-electron chi connectivity index (χ3n) is 3.40. The maximum Gasteiger partial charge on any atom is 0.288 e. The number of nitrogens with one attached hydrogen (secondary N) is 1. The van der Waals surface area contributed by atoms with Gasteiger partial charge in [0.25, 0.3) is 11.7 Å². The van der Waals surface area contributed by atoms with Gasteiger partial charge in [-0.15, -0.1) is 11.3 Å². The van der Waals surface area contributed by atoms with Crippen molar-refractivity contribution in [3.8, 4) is 0 Å². The van der Waals surface area contributed by atoms with E-state index in [1.165, 1.54) is 16.9 Å². The molecule has 0 radical (unpaired) electrons. The third-order valence-corrected chi connectivity index (χ3v) is 5.21. The highest BCUT2D eigenvalue weighted by Gasteiger charge is 2.25. The molecule has 1 N–H and O–H groups in total. The van der Waals surface area contributed by atoms with Gasteiger partial charge in [0.1, 0.15) is 4.88 Å². The average Bonchev–Trinajstić information content (AvgIpc) is 2.88. The van der Waals surface area contributed by atoms with Crippen LogP contribution in [0, 0.1) is 6.92 Å². The number of aryl methyl sites for hydroxylation is 1. The lowest BCUT2D eigenvalue weighted by molar-refractivity contribution is 0.0914. The van der Waals surface area contributed by atoms with Crippen molar-refractivity contribution in [2.45, 2.75) is 43.4 Å². The van der Waals surface area contributed by atoms with Gasteiger partial charge >= 0.3 is 0 Å². The normalized spacial score (nSPS) is 11.7. The van der Waals surface area contributed by atoms with E-state index in [0.29, 0.717) is 28.0 Å². The Bertz CT molecular complexity index is 683. The molecule has 2 nitrogen and oxygen atoms in total. The van der Waals surface area contributed by atoms with Gasteiger partial charge < -0.3 is 5.32 Å². The number of thiophene rings is 1. The molecule has 2 aromatic rings. The van der Waals surface area contributed by atoms with Crippen LogP contribution in [-0.4, -0.2) is 17.2 Å². The SMILES string of the molecule is Cc1ccccc1CC(C)(C)NC(=O)c1sccc1SC(F)F. The highest BCUT2D eigenvalue weighted by Crippen LogP contribution is 2.32. The number of thioether (sulfide) groups is 1. The van der Waals surface area contributed by atoms with Gasteiger partial charge in [-0.25, -0.2) is 0 Å². The van der Waals surface area contributed by atoms with Gasteiger partial charge in [0.15, 0.2) is 0 Å². The van der Waals surface area contributed by atoms with Crippen LogP contribution >= 0.6 is 23.1 Å². The van der Waals surface area contributed by atoms with Crippen LogP contribution in [0.1, 0.15) is 34.6 Å². The number of carbonyl (C=O) groups excluding carboxylic acids is 1. The maximum atomic E-state index is 12.5. The van der Waals surface area contributed by atoms with Crippen molar-refractivity contribution >= 4 is 29.0 Å². The first-order valence-electron chi connectivity index (χ1n) is 7.18. The summed E-state index contributed by atoms with van der Waals surface area (Å²) in [5.41, 5.74) is 1.85. The van der Waals surface area contributed by atoms with E-state index in [0.717, 1.165) is 5.56 Å². The van der Waals surface area contributed by atoms with Gasteiger partial charge in [-0.1, -0.05) is 36.0 Å². The van der Waals surface area contributed by atoms with E-state index in [2.05, 4.69) is 5.32 Å². The first-order chi connectivity index (χ1) is 10.8. The molecule has 0 fully saturated rings. The van der Waals surface area contributed by atoms with Crippen LogP contribution in [0.3, 0.4) is 0 Å². The molecule has 1 aromatic carbocycles. The molecule has 2 rings (SSSR count). The van der Waals surface area contributed by atoms with Crippen LogP contribution in [0.4, 0.5) is 8.78 Å². The summed E-state index contributed by atoms with van der Waals surface area (Å²) < 4.78 is 25.1. The Kier molecular flexibility index (Phi) is 5.81. The van der Waals surface area contributed by atoms with Gasteiger partial charge in [0.05, 0.1) is 0 Å². The van der Waals surface area contributed by atoms with E-state index in [4.69, 9.17) is 0 Å². The number of rotatable bonds is 6. The maximum absolute atomic E-state index is 12.5. The first kappa shape index (κ1) is 17.9. The Morgan fingerprint density at radius 3 is 2.65 bits per heavy atom. The molecular weight excluding hydrogens is 336 g/mol. The summed E-state index contributed by atoms with van der Waals surface area (Å²) in [6, 6.07) is 9.57. The lowest BCUT2D eigenvalue weighted by Gasteiger charge is -2.27. The summed E-state index contributed by atoms with van der Waals surface area (Å²) in [4.78, 5) is 13.1. The summed E-state index contributed by atoms with van der Waals surface area (Å²) in [5.74, 6) is -2.84. The monoisotopic (exact) mass is 355 g/mol. The van der Waals surface area contributed by atoms with E-state index >= 15 is 0 Å². The Labute approximate surface area is 143 Å². The Morgan fingerprint density at radius 2 is 2.00 bits per heavy atom. The van der Waals surface area contributed by atoms with Crippen LogP contribution in [-0.2, 0) is 6.42 Å². The van der Waals surface area contributed by atoms with E-state index in [1.807, 2.05) is 45.0 Å². The molecule has 6 heteroatoms. The van der Waals surface area contributed by atoms with Crippen LogP contribution in [0.15, 0.2) is 40.6 Å². The fourth-order valence-corrected chi connectivity index (χ4v) is 3.94. The molecule has 1 heterocycles. The van der Waals surface area contributed by atoms with Gasteiger partial charge in [-0.05, 0) is 49.8 Å². The zero-order valence-electron chi connectivity index (χ0n) is 13.2. The molecule has 0 aliphatic heterocycles. The first-order valence-corrected chi connectivity index (χ1v) is 8.94. The largest absolute Gasteiger partial charge is 0.346 e. The van der Waals surface area contributed by atoms with Crippen molar-refractivity contribution < 1.29 is 13.6 Å². The van der Waals surface area contributed by atoms with Crippen molar-refractivity contribution in [2.24, 2.45) is 0 Å². The highest BCUT2D eigenvalue weighted by atomic mass is 32.2. The minimum Gasteiger partial charge on any atom is -0.346 e. The highest BCUT2D eigenvalue weighted by molar-refractivity contribution is 7.99. The molecule has 1 aromatic heterocycles. The van der Waals surface area contributed by atoms with Gasteiger partial charge in [-0.2, -0.15) is 8.78 Å². The number of amides is 1. The summed E-state index contributed by atoms with van der Waals surface area (Å²) in [6.07, 6.45) is 0.675. The molecule has 0 saturated heterocycles. The molecule has 0 saturated carbocycles. The molecule has 0 unspecified atom stereocenters. The minimum absolute atomic E-state index is 0.304. The summed E-state index contributed by atoms with van der Waals surface area (Å²) in [5, 5.41) is 4.62. The molecule has 124 valence electrons. The van der Waals surface area contributed by atoms with Gasteiger partial charge in [0, 0.05) is 10.4 Å². The third kappa shape index (κ3) is 5.04. The summed E-state index contributed by atoms with van der Waals surface area (Å²) >= 11 is 1.59. The molecule has 23 heavy (non-hydrogen) atoms. The van der Waals surface area contributed by atoms with Crippen LogP contribution in [0.2, 0.25) is 0 Å². The van der Waals surface area contributed by atoms with Crippen LogP contribution in [0.25, 0.3) is 0 Å². The van der Waals surface area contributed by atoms with E-state index < -0.39 is 11.3 Å². The summed E-state index contributed by atoms with van der Waals surface area (Å²) in [7, 11) is 0. The quantitative estimate of drug-likeness (QED) is 0.729. The zero-order chi connectivity index (χ0) is 17.0. The van der Waals surface area contributed by atoms with Gasteiger partial charge in [-0.3, -0.25) is 4.79 Å². The number of hydrogen-bond acceptors (Lipinski definition) is 3. The van der Waals surface area contributed by atoms with Crippen molar-refractivity contribution in [1.29, 1.82) is 0 Å². The number of alkyl halides is 2. The van der Waals surface area contributed by atoms with Crippen LogP contribution < -0.4 is 5.32 Å². The fraction of sp³-hybridized carbons (Fsp3) is 0.353.